The van der Waals surface area contributed by atoms with Gasteiger partial charge in [0.1, 0.15) is 0 Å². The Labute approximate surface area is 68.5 Å². The summed E-state index contributed by atoms with van der Waals surface area (Å²) in [7, 11) is 1.77. The first-order valence-electron chi connectivity index (χ1n) is 4.28. The molecule has 11 heavy (non-hydrogen) atoms. The van der Waals surface area contributed by atoms with Crippen molar-refractivity contribution in [1.82, 2.24) is 4.90 Å². The monoisotopic (exact) mass is 158 g/mol. The van der Waals surface area contributed by atoms with Crippen LogP contribution in [-0.2, 0) is 4.74 Å². The summed E-state index contributed by atoms with van der Waals surface area (Å²) < 4.78 is 5.10. The van der Waals surface area contributed by atoms with E-state index in [0.29, 0.717) is 6.67 Å². The fourth-order valence-corrected chi connectivity index (χ4v) is 1.57. The lowest BCUT2D eigenvalue weighted by atomic mass is 9.98. The smallest absolute Gasteiger partial charge is 0.0491 e. The Morgan fingerprint density at radius 2 is 2.09 bits per heavy atom. The van der Waals surface area contributed by atoms with Crippen LogP contribution in [0, 0.1) is 5.92 Å². The van der Waals surface area contributed by atoms with Crippen LogP contribution in [0.1, 0.15) is 12.8 Å². The number of nitrogens with two attached hydrogens (primary N) is 1. The van der Waals surface area contributed by atoms with E-state index < -0.39 is 0 Å². The van der Waals surface area contributed by atoms with E-state index in [0.717, 1.165) is 25.6 Å². The van der Waals surface area contributed by atoms with Crippen LogP contribution < -0.4 is 5.73 Å². The van der Waals surface area contributed by atoms with Crippen LogP contribution in [0.2, 0.25) is 0 Å². The second-order valence-electron chi connectivity index (χ2n) is 3.20. The maximum Gasteiger partial charge on any atom is 0.0491 e. The van der Waals surface area contributed by atoms with Gasteiger partial charge in [-0.15, -0.1) is 0 Å². The highest BCUT2D eigenvalue weighted by atomic mass is 16.5. The summed E-state index contributed by atoms with van der Waals surface area (Å²) >= 11 is 0. The topological polar surface area (TPSA) is 38.5 Å². The molecule has 0 unspecified atom stereocenters. The van der Waals surface area contributed by atoms with Gasteiger partial charge in [-0.2, -0.15) is 0 Å². The van der Waals surface area contributed by atoms with E-state index in [1.54, 1.807) is 7.11 Å². The molecular weight excluding hydrogens is 140 g/mol. The number of methoxy groups -OCH3 is 1. The Balaban J connectivity index is 2.14. The third-order valence-corrected chi connectivity index (χ3v) is 2.37. The van der Waals surface area contributed by atoms with Gasteiger partial charge in [-0.05, 0) is 31.8 Å². The second-order valence-corrected chi connectivity index (χ2v) is 3.20. The molecule has 0 aromatic carbocycles. The van der Waals surface area contributed by atoms with Crippen LogP contribution in [0.3, 0.4) is 0 Å². The second kappa shape index (κ2) is 4.70. The van der Waals surface area contributed by atoms with Crippen LogP contribution in [0.15, 0.2) is 0 Å². The fourth-order valence-electron chi connectivity index (χ4n) is 1.57. The molecule has 0 aliphatic carbocycles. The van der Waals surface area contributed by atoms with Crippen LogP contribution in [0.25, 0.3) is 0 Å². The first-order chi connectivity index (χ1) is 5.36. The first-order valence-corrected chi connectivity index (χ1v) is 4.28. The molecule has 1 saturated heterocycles. The van der Waals surface area contributed by atoms with E-state index in [2.05, 4.69) is 4.90 Å². The lowest BCUT2D eigenvalue weighted by Gasteiger charge is -2.30. The summed E-state index contributed by atoms with van der Waals surface area (Å²) in [6, 6.07) is 0. The summed E-state index contributed by atoms with van der Waals surface area (Å²) in [5.74, 6) is 0.766. The van der Waals surface area contributed by atoms with Gasteiger partial charge in [-0.1, -0.05) is 0 Å². The summed E-state index contributed by atoms with van der Waals surface area (Å²) in [5.41, 5.74) is 5.52. The van der Waals surface area contributed by atoms with Crippen molar-refractivity contribution in [3.63, 3.8) is 0 Å². The minimum Gasteiger partial charge on any atom is -0.384 e. The summed E-state index contributed by atoms with van der Waals surface area (Å²) in [6.07, 6.45) is 2.48. The molecule has 1 aliphatic heterocycles. The van der Waals surface area contributed by atoms with Crippen molar-refractivity contribution < 1.29 is 4.74 Å². The van der Waals surface area contributed by atoms with Crippen LogP contribution in [0.5, 0.6) is 0 Å². The van der Waals surface area contributed by atoms with Crippen molar-refractivity contribution in [1.29, 1.82) is 0 Å². The normalized spacial score (nSPS) is 22.4. The van der Waals surface area contributed by atoms with Crippen molar-refractivity contribution in [3.8, 4) is 0 Å². The van der Waals surface area contributed by atoms with Crippen molar-refractivity contribution in [2.75, 3.05) is 33.5 Å². The molecule has 0 atom stereocenters. The molecule has 3 heteroatoms. The molecule has 1 rings (SSSR count). The predicted molar refractivity (Wildman–Crippen MR) is 45.2 cm³/mol. The molecule has 3 nitrogen and oxygen atoms in total. The van der Waals surface area contributed by atoms with Crippen molar-refractivity contribution in [2.24, 2.45) is 11.7 Å². The number of nitrogens with zero attached hydrogens (tertiary/aromatic N) is 1. The molecule has 1 heterocycles. The number of piperidine rings is 1. The lowest BCUT2D eigenvalue weighted by molar-refractivity contribution is 0.101. The Hall–Kier alpha value is -0.120. The number of hydrogen-bond acceptors (Lipinski definition) is 3. The van der Waals surface area contributed by atoms with Gasteiger partial charge in [-0.3, -0.25) is 4.90 Å². The molecule has 0 amide bonds. The average molecular weight is 158 g/mol. The average Bonchev–Trinajstić information content (AvgIpc) is 2.07. The highest BCUT2D eigenvalue weighted by Crippen LogP contribution is 2.15. The Morgan fingerprint density at radius 1 is 1.45 bits per heavy atom. The Bertz CT molecular complexity index is 100. The molecule has 0 saturated carbocycles. The minimum absolute atomic E-state index is 0.708. The molecule has 0 radical (unpaired) electrons. The lowest BCUT2D eigenvalue weighted by Crippen LogP contribution is -2.38. The van der Waals surface area contributed by atoms with Gasteiger partial charge in [0.25, 0.3) is 0 Å². The summed E-state index contributed by atoms with van der Waals surface area (Å²) in [6.45, 7) is 3.91. The van der Waals surface area contributed by atoms with Gasteiger partial charge >= 0.3 is 0 Å². The maximum atomic E-state index is 5.52. The molecule has 1 aliphatic rings. The first kappa shape index (κ1) is 8.97. The van der Waals surface area contributed by atoms with Gasteiger partial charge in [0.2, 0.25) is 0 Å². The number of likely N-dealkylation sites (tertiary alicyclic amines) is 1. The zero-order valence-electron chi connectivity index (χ0n) is 7.25. The van der Waals surface area contributed by atoms with Crippen molar-refractivity contribution in [2.45, 2.75) is 12.8 Å². The van der Waals surface area contributed by atoms with E-state index in [4.69, 9.17) is 10.5 Å². The minimum atomic E-state index is 0.708. The van der Waals surface area contributed by atoms with Gasteiger partial charge < -0.3 is 10.5 Å². The highest BCUT2D eigenvalue weighted by molar-refractivity contribution is 4.70. The zero-order chi connectivity index (χ0) is 8.10. The van der Waals surface area contributed by atoms with E-state index in [1.807, 2.05) is 0 Å². The zero-order valence-corrected chi connectivity index (χ0v) is 7.25. The highest BCUT2D eigenvalue weighted by Gasteiger charge is 2.17. The van der Waals surface area contributed by atoms with Crippen LogP contribution >= 0.6 is 0 Å². The quantitative estimate of drug-likeness (QED) is 0.640. The molecule has 66 valence electrons. The molecule has 1 fully saturated rings. The third-order valence-electron chi connectivity index (χ3n) is 2.37. The number of hydrogen-bond donors (Lipinski definition) is 1. The van der Waals surface area contributed by atoms with Crippen LogP contribution in [0.4, 0.5) is 0 Å². The summed E-state index contributed by atoms with van der Waals surface area (Å²) in [4.78, 5) is 2.28. The molecule has 2 N–H and O–H groups in total. The van der Waals surface area contributed by atoms with Crippen molar-refractivity contribution in [3.05, 3.63) is 0 Å². The van der Waals surface area contributed by atoms with E-state index in [-0.39, 0.29) is 0 Å². The molecule has 0 spiro atoms. The predicted octanol–water partition coefficient (Wildman–Crippen LogP) is 0.261. The van der Waals surface area contributed by atoms with E-state index in [1.165, 1.54) is 12.8 Å². The molecule has 0 aromatic rings. The molecule has 0 aromatic heterocycles. The maximum absolute atomic E-state index is 5.52. The standard InChI is InChI=1S/C8H18N2O/c1-11-6-8-2-4-10(7-9)5-3-8/h8H,2-7,9H2,1H3. The van der Waals surface area contributed by atoms with Gasteiger partial charge in [0.15, 0.2) is 0 Å². The largest absolute Gasteiger partial charge is 0.384 e. The van der Waals surface area contributed by atoms with E-state index >= 15 is 0 Å². The Morgan fingerprint density at radius 3 is 2.55 bits per heavy atom. The van der Waals surface area contributed by atoms with Gasteiger partial charge in [0, 0.05) is 20.4 Å². The Kier molecular flexibility index (Phi) is 3.83. The fraction of sp³-hybridized carbons (Fsp3) is 1.00. The number of rotatable bonds is 3. The molecular formula is C8H18N2O. The van der Waals surface area contributed by atoms with Gasteiger partial charge in [-0.25, -0.2) is 0 Å². The van der Waals surface area contributed by atoms with E-state index in [9.17, 15) is 0 Å². The van der Waals surface area contributed by atoms with Crippen LogP contribution in [-0.4, -0.2) is 38.4 Å². The molecule has 0 bridgehead atoms. The summed E-state index contributed by atoms with van der Waals surface area (Å²) in [5, 5.41) is 0. The number of ether oxygens (including phenoxy) is 1. The third kappa shape index (κ3) is 2.77. The van der Waals surface area contributed by atoms with Gasteiger partial charge in [0.05, 0.1) is 0 Å². The van der Waals surface area contributed by atoms with Crippen molar-refractivity contribution >= 4 is 0 Å². The SMILES string of the molecule is COCC1CCN(CN)CC1.